The van der Waals surface area contributed by atoms with Crippen LogP contribution in [0.2, 0.25) is 0 Å². The van der Waals surface area contributed by atoms with Gasteiger partial charge >= 0.3 is 0 Å². The average Bonchev–Trinajstić information content (AvgIpc) is 2.46. The number of imidazole rings is 1. The maximum Gasteiger partial charge on any atom is 0.211 e. The second-order valence-electron chi connectivity index (χ2n) is 2.75. The van der Waals surface area contributed by atoms with Crippen LogP contribution >= 0.6 is 0 Å². The van der Waals surface area contributed by atoms with E-state index in [1.54, 1.807) is 6.92 Å². The molecule has 0 spiro atoms. The minimum Gasteiger partial charge on any atom is -0.482 e. The Morgan fingerprint density at radius 3 is 2.92 bits per heavy atom. The SMILES string of the molecule is COc1cc(=O)c2[nH]c(C)nc2[nH]1. The fourth-order valence-electron chi connectivity index (χ4n) is 1.21. The highest BCUT2D eigenvalue weighted by Crippen LogP contribution is 2.08. The first-order chi connectivity index (χ1) is 6.20. The fourth-order valence-corrected chi connectivity index (χ4v) is 1.21. The molecule has 2 aromatic rings. The van der Waals surface area contributed by atoms with Crippen LogP contribution in [0.1, 0.15) is 5.82 Å². The predicted molar refractivity (Wildman–Crippen MR) is 48.0 cm³/mol. The number of fused-ring (bicyclic) bond motifs is 1. The van der Waals surface area contributed by atoms with Gasteiger partial charge in [-0.25, -0.2) is 4.98 Å². The molecule has 13 heavy (non-hydrogen) atoms. The van der Waals surface area contributed by atoms with E-state index in [2.05, 4.69) is 15.0 Å². The second kappa shape index (κ2) is 2.62. The molecule has 2 rings (SSSR count). The van der Waals surface area contributed by atoms with Crippen molar-refractivity contribution in [3.05, 3.63) is 22.1 Å². The molecule has 68 valence electrons. The van der Waals surface area contributed by atoms with E-state index in [0.717, 1.165) is 0 Å². The van der Waals surface area contributed by atoms with E-state index in [-0.39, 0.29) is 5.43 Å². The number of H-pyrrole nitrogens is 2. The van der Waals surface area contributed by atoms with Crippen molar-refractivity contribution >= 4 is 11.2 Å². The monoisotopic (exact) mass is 179 g/mol. The third kappa shape index (κ3) is 1.18. The van der Waals surface area contributed by atoms with E-state index in [0.29, 0.717) is 22.9 Å². The number of nitrogens with zero attached hydrogens (tertiary/aromatic N) is 1. The number of rotatable bonds is 1. The molecule has 0 aliphatic heterocycles. The number of nitrogens with one attached hydrogen (secondary N) is 2. The molecule has 0 atom stereocenters. The van der Waals surface area contributed by atoms with Gasteiger partial charge in [-0.15, -0.1) is 0 Å². The standard InChI is InChI=1S/C8H9N3O2/c1-4-9-7-5(12)3-6(13-2)11-8(7)10-4/h3H,1-2H3,(H2,9,10,11,12). The lowest BCUT2D eigenvalue weighted by Crippen LogP contribution is -2.02. The van der Waals surface area contributed by atoms with Gasteiger partial charge in [0.25, 0.3) is 0 Å². The molecule has 5 heteroatoms. The smallest absolute Gasteiger partial charge is 0.211 e. The molecule has 0 bridgehead atoms. The van der Waals surface area contributed by atoms with Gasteiger partial charge in [-0.1, -0.05) is 0 Å². The second-order valence-corrected chi connectivity index (χ2v) is 2.75. The third-order valence-electron chi connectivity index (χ3n) is 1.79. The van der Waals surface area contributed by atoms with Crippen LogP contribution in [0, 0.1) is 6.92 Å². The molecular formula is C8H9N3O2. The summed E-state index contributed by atoms with van der Waals surface area (Å²) < 4.78 is 4.90. The summed E-state index contributed by atoms with van der Waals surface area (Å²) in [6.45, 7) is 1.79. The zero-order valence-corrected chi connectivity index (χ0v) is 7.34. The Kier molecular flexibility index (Phi) is 1.58. The van der Waals surface area contributed by atoms with Crippen molar-refractivity contribution < 1.29 is 4.74 Å². The molecule has 0 aliphatic carbocycles. The number of ether oxygens (including phenoxy) is 1. The van der Waals surface area contributed by atoms with Crippen molar-refractivity contribution in [2.24, 2.45) is 0 Å². The maximum absolute atomic E-state index is 11.4. The molecule has 0 saturated carbocycles. The van der Waals surface area contributed by atoms with Crippen molar-refractivity contribution in [3.63, 3.8) is 0 Å². The predicted octanol–water partition coefficient (Wildman–Crippen LogP) is 0.568. The molecule has 0 aliphatic rings. The molecule has 2 N–H and O–H groups in total. The van der Waals surface area contributed by atoms with Crippen LogP contribution in [0.5, 0.6) is 5.88 Å². The Hall–Kier alpha value is -1.78. The van der Waals surface area contributed by atoms with Crippen molar-refractivity contribution in [2.75, 3.05) is 7.11 Å². The van der Waals surface area contributed by atoms with E-state index < -0.39 is 0 Å². The lowest BCUT2D eigenvalue weighted by Gasteiger charge is -1.96. The van der Waals surface area contributed by atoms with E-state index in [1.165, 1.54) is 13.2 Å². The van der Waals surface area contributed by atoms with Crippen LogP contribution in [-0.2, 0) is 0 Å². The summed E-state index contributed by atoms with van der Waals surface area (Å²) in [5.41, 5.74) is 0.895. The molecule has 2 heterocycles. The van der Waals surface area contributed by atoms with Crippen LogP contribution < -0.4 is 10.2 Å². The topological polar surface area (TPSA) is 70.8 Å². The Balaban J connectivity index is 2.83. The fraction of sp³-hybridized carbons (Fsp3) is 0.250. The molecule has 5 nitrogen and oxygen atoms in total. The first-order valence-electron chi connectivity index (χ1n) is 3.84. The highest BCUT2D eigenvalue weighted by molar-refractivity contribution is 5.70. The average molecular weight is 179 g/mol. The number of pyridine rings is 1. The van der Waals surface area contributed by atoms with Crippen LogP contribution in [0.3, 0.4) is 0 Å². The summed E-state index contributed by atoms with van der Waals surface area (Å²) in [7, 11) is 1.50. The number of aromatic nitrogens is 3. The lowest BCUT2D eigenvalue weighted by molar-refractivity contribution is 0.399. The lowest BCUT2D eigenvalue weighted by atomic mass is 10.4. The number of aromatic amines is 2. The molecule has 0 fully saturated rings. The Morgan fingerprint density at radius 1 is 1.46 bits per heavy atom. The summed E-state index contributed by atoms with van der Waals surface area (Å²) in [6, 6.07) is 1.39. The highest BCUT2D eigenvalue weighted by atomic mass is 16.5. The van der Waals surface area contributed by atoms with E-state index in [4.69, 9.17) is 4.74 Å². The van der Waals surface area contributed by atoms with Crippen LogP contribution in [0.4, 0.5) is 0 Å². The summed E-state index contributed by atoms with van der Waals surface area (Å²) in [4.78, 5) is 21.2. The van der Waals surface area contributed by atoms with E-state index >= 15 is 0 Å². The van der Waals surface area contributed by atoms with Gasteiger partial charge in [0.1, 0.15) is 11.3 Å². The largest absolute Gasteiger partial charge is 0.482 e. The summed E-state index contributed by atoms with van der Waals surface area (Å²) in [6.07, 6.45) is 0. The first kappa shape index (κ1) is 7.85. The zero-order chi connectivity index (χ0) is 9.42. The number of hydrogen-bond donors (Lipinski definition) is 2. The number of methoxy groups -OCH3 is 1. The van der Waals surface area contributed by atoms with Gasteiger partial charge in [0.2, 0.25) is 5.43 Å². The summed E-state index contributed by atoms with van der Waals surface area (Å²) in [5.74, 6) is 1.13. The molecule has 0 saturated heterocycles. The zero-order valence-electron chi connectivity index (χ0n) is 7.34. The van der Waals surface area contributed by atoms with Gasteiger partial charge in [0.05, 0.1) is 7.11 Å². The highest BCUT2D eigenvalue weighted by Gasteiger charge is 2.05. The van der Waals surface area contributed by atoms with Gasteiger partial charge in [-0.2, -0.15) is 0 Å². The summed E-state index contributed by atoms with van der Waals surface area (Å²) in [5, 5.41) is 0. The normalized spacial score (nSPS) is 10.6. The quantitative estimate of drug-likeness (QED) is 0.672. The van der Waals surface area contributed by atoms with Gasteiger partial charge in [0, 0.05) is 6.07 Å². The minimum absolute atomic E-state index is 0.119. The third-order valence-corrected chi connectivity index (χ3v) is 1.79. The molecular weight excluding hydrogens is 170 g/mol. The van der Waals surface area contributed by atoms with E-state index in [1.807, 2.05) is 0 Å². The van der Waals surface area contributed by atoms with Crippen LogP contribution in [-0.4, -0.2) is 22.1 Å². The number of aryl methyl sites for hydroxylation is 1. The molecule has 0 radical (unpaired) electrons. The van der Waals surface area contributed by atoms with Crippen LogP contribution in [0.15, 0.2) is 10.9 Å². The molecule has 0 amide bonds. The van der Waals surface area contributed by atoms with Gasteiger partial charge in [-0.05, 0) is 6.92 Å². The van der Waals surface area contributed by atoms with Crippen molar-refractivity contribution in [3.8, 4) is 5.88 Å². The molecule has 0 aromatic carbocycles. The molecule has 0 unspecified atom stereocenters. The first-order valence-corrected chi connectivity index (χ1v) is 3.84. The molecule has 2 aromatic heterocycles. The van der Waals surface area contributed by atoms with Gasteiger partial charge in [0.15, 0.2) is 11.5 Å². The minimum atomic E-state index is -0.119. The Bertz CT molecular complexity index is 498. The van der Waals surface area contributed by atoms with Gasteiger partial charge < -0.3 is 14.7 Å². The van der Waals surface area contributed by atoms with Crippen molar-refractivity contribution in [1.82, 2.24) is 15.0 Å². The maximum atomic E-state index is 11.4. The van der Waals surface area contributed by atoms with Crippen molar-refractivity contribution in [2.45, 2.75) is 6.92 Å². The van der Waals surface area contributed by atoms with E-state index in [9.17, 15) is 4.79 Å². The van der Waals surface area contributed by atoms with Crippen LogP contribution in [0.25, 0.3) is 11.2 Å². The Labute approximate surface area is 73.8 Å². The summed E-state index contributed by atoms with van der Waals surface area (Å²) >= 11 is 0. The van der Waals surface area contributed by atoms with Gasteiger partial charge in [-0.3, -0.25) is 4.79 Å². The van der Waals surface area contributed by atoms with Crippen molar-refractivity contribution in [1.29, 1.82) is 0 Å². The Morgan fingerprint density at radius 2 is 2.23 bits per heavy atom. The number of hydrogen-bond acceptors (Lipinski definition) is 3.